The third-order valence-corrected chi connectivity index (χ3v) is 3.55. The number of carbonyl (C=O) groups excluding carboxylic acids is 1. The lowest BCUT2D eigenvalue weighted by atomic mass is 10.0. The van der Waals surface area contributed by atoms with Gasteiger partial charge >= 0.3 is 0 Å². The molecule has 0 bridgehead atoms. The van der Waals surface area contributed by atoms with E-state index in [2.05, 4.69) is 23.3 Å². The monoisotopic (exact) mass is 288 g/mol. The van der Waals surface area contributed by atoms with Crippen LogP contribution in [0.15, 0.2) is 36.5 Å². The number of nitrogens with one attached hydrogen (secondary N) is 1. The van der Waals surface area contributed by atoms with E-state index in [1.165, 1.54) is 11.1 Å². The number of carbonyl (C=O) groups is 1. The van der Waals surface area contributed by atoms with Crippen LogP contribution in [0.4, 0.5) is 5.69 Å². The third-order valence-electron chi connectivity index (χ3n) is 3.26. The summed E-state index contributed by atoms with van der Waals surface area (Å²) in [5.74, 6) is -0.0498. The molecule has 1 aromatic heterocycles. The zero-order valence-electron chi connectivity index (χ0n) is 11.6. The molecule has 1 N–H and O–H groups in total. The molecule has 0 aliphatic carbocycles. The van der Waals surface area contributed by atoms with E-state index in [0.717, 1.165) is 12.0 Å². The normalized spacial score (nSPS) is 10.3. The maximum atomic E-state index is 12.0. The van der Waals surface area contributed by atoms with Crippen molar-refractivity contribution < 1.29 is 4.79 Å². The smallest absolute Gasteiger partial charge is 0.224 e. The van der Waals surface area contributed by atoms with Crippen molar-refractivity contribution in [1.82, 2.24) is 4.98 Å². The Morgan fingerprint density at radius 2 is 1.95 bits per heavy atom. The van der Waals surface area contributed by atoms with Crippen molar-refractivity contribution in [2.24, 2.45) is 0 Å². The van der Waals surface area contributed by atoms with Gasteiger partial charge in [0.05, 0.1) is 5.69 Å². The first-order valence-electron chi connectivity index (χ1n) is 6.53. The number of aromatic nitrogens is 1. The molecule has 0 atom stereocenters. The fraction of sp³-hybridized carbons (Fsp3) is 0.250. The van der Waals surface area contributed by atoms with E-state index in [1.54, 1.807) is 6.20 Å². The zero-order chi connectivity index (χ0) is 14.5. The summed E-state index contributed by atoms with van der Waals surface area (Å²) in [6.07, 6.45) is 2.77. The Labute approximate surface area is 124 Å². The molecule has 2 rings (SSSR count). The first-order chi connectivity index (χ1) is 9.58. The Bertz CT molecular complexity index is 605. The number of hydrogen-bond acceptors (Lipinski definition) is 2. The summed E-state index contributed by atoms with van der Waals surface area (Å²) in [6, 6.07) is 9.91. The Morgan fingerprint density at radius 1 is 1.20 bits per heavy atom. The zero-order valence-corrected chi connectivity index (χ0v) is 12.4. The molecule has 0 saturated heterocycles. The number of rotatable bonds is 4. The van der Waals surface area contributed by atoms with Crippen LogP contribution < -0.4 is 5.32 Å². The highest BCUT2D eigenvalue weighted by Crippen LogP contribution is 2.23. The summed E-state index contributed by atoms with van der Waals surface area (Å²) in [5.41, 5.74) is 3.91. The van der Waals surface area contributed by atoms with Crippen molar-refractivity contribution in [3.8, 4) is 0 Å². The number of anilines is 1. The maximum absolute atomic E-state index is 12.0. The van der Waals surface area contributed by atoms with Crippen LogP contribution in [0, 0.1) is 13.8 Å². The molecule has 2 aromatic rings. The lowest BCUT2D eigenvalue weighted by Gasteiger charge is -2.10. The fourth-order valence-electron chi connectivity index (χ4n) is 2.02. The van der Waals surface area contributed by atoms with Crippen LogP contribution in [0.5, 0.6) is 0 Å². The Balaban J connectivity index is 1.98. The first-order valence-corrected chi connectivity index (χ1v) is 6.91. The molecule has 0 saturated carbocycles. The van der Waals surface area contributed by atoms with E-state index >= 15 is 0 Å². The second-order valence-electron chi connectivity index (χ2n) is 4.77. The van der Waals surface area contributed by atoms with Gasteiger partial charge in [-0.15, -0.1) is 0 Å². The molecule has 4 heteroatoms. The molecule has 1 aromatic carbocycles. The molecule has 3 nitrogen and oxygen atoms in total. The summed E-state index contributed by atoms with van der Waals surface area (Å²) in [4.78, 5) is 16.0. The van der Waals surface area contributed by atoms with E-state index in [4.69, 9.17) is 11.6 Å². The van der Waals surface area contributed by atoms with Crippen LogP contribution in [-0.2, 0) is 11.2 Å². The molecule has 0 aliphatic heterocycles. The SMILES string of the molecule is Cc1ccccc1CCC(=O)Nc1c(C)ccnc1Cl. The van der Waals surface area contributed by atoms with Gasteiger partial charge in [0.1, 0.15) is 0 Å². The van der Waals surface area contributed by atoms with Crippen molar-refractivity contribution in [2.75, 3.05) is 5.32 Å². The van der Waals surface area contributed by atoms with Gasteiger partial charge in [-0.05, 0) is 43.0 Å². The van der Waals surface area contributed by atoms with Gasteiger partial charge in [-0.1, -0.05) is 35.9 Å². The number of amides is 1. The van der Waals surface area contributed by atoms with Crippen molar-refractivity contribution >= 4 is 23.2 Å². The van der Waals surface area contributed by atoms with Crippen LogP contribution in [0.3, 0.4) is 0 Å². The highest BCUT2D eigenvalue weighted by molar-refractivity contribution is 6.32. The van der Waals surface area contributed by atoms with E-state index in [9.17, 15) is 4.79 Å². The number of nitrogens with zero attached hydrogens (tertiary/aromatic N) is 1. The van der Waals surface area contributed by atoms with Crippen molar-refractivity contribution in [2.45, 2.75) is 26.7 Å². The molecule has 0 spiro atoms. The Morgan fingerprint density at radius 3 is 2.65 bits per heavy atom. The predicted molar refractivity (Wildman–Crippen MR) is 82.1 cm³/mol. The molecule has 1 amide bonds. The van der Waals surface area contributed by atoms with E-state index in [-0.39, 0.29) is 5.91 Å². The standard InChI is InChI=1S/C16H17ClN2O/c1-11-5-3-4-6-13(11)7-8-14(20)19-15-12(2)9-10-18-16(15)17/h3-6,9-10H,7-8H2,1-2H3,(H,19,20). The summed E-state index contributed by atoms with van der Waals surface area (Å²) >= 11 is 5.99. The minimum Gasteiger partial charge on any atom is -0.323 e. The van der Waals surface area contributed by atoms with Gasteiger partial charge in [-0.3, -0.25) is 4.79 Å². The highest BCUT2D eigenvalue weighted by atomic mass is 35.5. The van der Waals surface area contributed by atoms with Crippen LogP contribution in [-0.4, -0.2) is 10.9 Å². The summed E-state index contributed by atoms with van der Waals surface area (Å²) in [7, 11) is 0. The van der Waals surface area contributed by atoms with Crippen LogP contribution in [0.25, 0.3) is 0 Å². The number of halogens is 1. The van der Waals surface area contributed by atoms with Crippen molar-refractivity contribution in [3.63, 3.8) is 0 Å². The van der Waals surface area contributed by atoms with Gasteiger partial charge in [0, 0.05) is 12.6 Å². The topological polar surface area (TPSA) is 42.0 Å². The lowest BCUT2D eigenvalue weighted by molar-refractivity contribution is -0.116. The molecule has 0 aliphatic rings. The van der Waals surface area contributed by atoms with Crippen LogP contribution in [0.2, 0.25) is 5.15 Å². The van der Waals surface area contributed by atoms with E-state index in [0.29, 0.717) is 17.3 Å². The minimum absolute atomic E-state index is 0.0498. The van der Waals surface area contributed by atoms with Gasteiger partial charge in [-0.2, -0.15) is 0 Å². The fourth-order valence-corrected chi connectivity index (χ4v) is 2.27. The van der Waals surface area contributed by atoms with Crippen molar-refractivity contribution in [3.05, 3.63) is 58.4 Å². The van der Waals surface area contributed by atoms with Gasteiger partial charge in [0.25, 0.3) is 0 Å². The van der Waals surface area contributed by atoms with E-state index < -0.39 is 0 Å². The van der Waals surface area contributed by atoms with Gasteiger partial charge < -0.3 is 5.32 Å². The second-order valence-corrected chi connectivity index (χ2v) is 5.13. The second kappa shape index (κ2) is 6.53. The highest BCUT2D eigenvalue weighted by Gasteiger charge is 2.09. The Kier molecular flexibility index (Phi) is 4.74. The molecule has 20 heavy (non-hydrogen) atoms. The van der Waals surface area contributed by atoms with Gasteiger partial charge in [0.2, 0.25) is 5.91 Å². The average molecular weight is 289 g/mol. The molecule has 0 unspecified atom stereocenters. The molecule has 0 radical (unpaired) electrons. The largest absolute Gasteiger partial charge is 0.323 e. The minimum atomic E-state index is -0.0498. The quantitative estimate of drug-likeness (QED) is 0.866. The van der Waals surface area contributed by atoms with E-state index in [1.807, 2.05) is 31.2 Å². The predicted octanol–water partition coefficient (Wildman–Crippen LogP) is 3.92. The number of pyridine rings is 1. The third kappa shape index (κ3) is 3.58. The van der Waals surface area contributed by atoms with Crippen molar-refractivity contribution in [1.29, 1.82) is 0 Å². The van der Waals surface area contributed by atoms with Gasteiger partial charge in [0.15, 0.2) is 5.15 Å². The molecular weight excluding hydrogens is 272 g/mol. The number of benzene rings is 1. The maximum Gasteiger partial charge on any atom is 0.224 e. The molecule has 0 fully saturated rings. The number of aryl methyl sites for hydroxylation is 3. The first kappa shape index (κ1) is 14.5. The molecule has 1 heterocycles. The summed E-state index contributed by atoms with van der Waals surface area (Å²) in [5, 5.41) is 3.16. The summed E-state index contributed by atoms with van der Waals surface area (Å²) < 4.78 is 0. The molecule has 104 valence electrons. The van der Waals surface area contributed by atoms with Crippen LogP contribution in [0.1, 0.15) is 23.1 Å². The average Bonchev–Trinajstić information content (AvgIpc) is 2.42. The van der Waals surface area contributed by atoms with Gasteiger partial charge in [-0.25, -0.2) is 4.98 Å². The number of hydrogen-bond donors (Lipinski definition) is 1. The Hall–Kier alpha value is -1.87. The molecular formula is C16H17ClN2O. The van der Waals surface area contributed by atoms with Crippen LogP contribution >= 0.6 is 11.6 Å². The lowest BCUT2D eigenvalue weighted by Crippen LogP contribution is -2.14. The summed E-state index contributed by atoms with van der Waals surface area (Å²) in [6.45, 7) is 3.94.